The smallest absolute Gasteiger partial charge is 0.319 e. The lowest BCUT2D eigenvalue weighted by Crippen LogP contribution is -2.29. The van der Waals surface area contributed by atoms with Gasteiger partial charge in [0.05, 0.1) is 18.5 Å². The van der Waals surface area contributed by atoms with Gasteiger partial charge in [0, 0.05) is 19.0 Å². The van der Waals surface area contributed by atoms with E-state index in [1.54, 1.807) is 19.2 Å². The van der Waals surface area contributed by atoms with Crippen molar-refractivity contribution in [1.82, 2.24) is 10.5 Å². The van der Waals surface area contributed by atoms with E-state index in [1.165, 1.54) is 0 Å². The zero-order valence-corrected chi connectivity index (χ0v) is 12.2. The first kappa shape index (κ1) is 14.9. The summed E-state index contributed by atoms with van der Waals surface area (Å²) in [5.41, 5.74) is 1.51. The van der Waals surface area contributed by atoms with Crippen LogP contribution in [0.1, 0.15) is 17.9 Å². The summed E-state index contributed by atoms with van der Waals surface area (Å²) >= 11 is 0. The SMILES string of the molecule is COc1ccccc1NC(=O)NCCCc1cc(C)no1. The van der Waals surface area contributed by atoms with Crippen LogP contribution in [0.15, 0.2) is 34.9 Å². The minimum atomic E-state index is -0.256. The van der Waals surface area contributed by atoms with Crippen LogP contribution in [0.2, 0.25) is 0 Å². The molecular formula is C15H19N3O3. The van der Waals surface area contributed by atoms with Crippen LogP contribution in [0, 0.1) is 6.92 Å². The lowest BCUT2D eigenvalue weighted by molar-refractivity contribution is 0.251. The number of amides is 2. The molecule has 0 spiro atoms. The summed E-state index contributed by atoms with van der Waals surface area (Å²) in [5, 5.41) is 9.36. The minimum Gasteiger partial charge on any atom is -0.495 e. The number of nitrogens with one attached hydrogen (secondary N) is 2. The average Bonchev–Trinajstić information content (AvgIpc) is 2.90. The predicted octanol–water partition coefficient (Wildman–Crippen LogP) is 2.75. The number of hydrogen-bond acceptors (Lipinski definition) is 4. The molecule has 0 fully saturated rings. The van der Waals surface area contributed by atoms with E-state index in [0.29, 0.717) is 18.0 Å². The lowest BCUT2D eigenvalue weighted by Gasteiger charge is -2.10. The molecule has 1 heterocycles. The molecule has 0 bridgehead atoms. The van der Waals surface area contributed by atoms with Gasteiger partial charge in [0.2, 0.25) is 0 Å². The molecule has 1 aromatic carbocycles. The molecule has 112 valence electrons. The van der Waals surface area contributed by atoms with E-state index in [2.05, 4.69) is 15.8 Å². The Balaban J connectivity index is 1.72. The van der Waals surface area contributed by atoms with Crippen molar-refractivity contribution in [2.24, 2.45) is 0 Å². The Morgan fingerprint density at radius 2 is 2.19 bits per heavy atom. The Hall–Kier alpha value is -2.50. The fourth-order valence-corrected chi connectivity index (χ4v) is 1.91. The van der Waals surface area contributed by atoms with E-state index in [0.717, 1.165) is 24.3 Å². The van der Waals surface area contributed by atoms with Gasteiger partial charge < -0.3 is 19.9 Å². The molecule has 2 rings (SSSR count). The number of anilines is 1. The molecule has 1 aromatic heterocycles. The molecule has 0 aliphatic carbocycles. The number of hydrogen-bond donors (Lipinski definition) is 2. The first-order valence-corrected chi connectivity index (χ1v) is 6.79. The van der Waals surface area contributed by atoms with Crippen molar-refractivity contribution in [3.63, 3.8) is 0 Å². The maximum atomic E-state index is 11.8. The van der Waals surface area contributed by atoms with Crippen LogP contribution >= 0.6 is 0 Å². The van der Waals surface area contributed by atoms with Gasteiger partial charge in [-0.1, -0.05) is 17.3 Å². The van der Waals surface area contributed by atoms with E-state index in [1.807, 2.05) is 25.1 Å². The van der Waals surface area contributed by atoms with Gasteiger partial charge in [-0.05, 0) is 25.5 Å². The number of ether oxygens (including phenoxy) is 1. The van der Waals surface area contributed by atoms with Crippen LogP contribution in [0.4, 0.5) is 10.5 Å². The predicted molar refractivity (Wildman–Crippen MR) is 79.6 cm³/mol. The summed E-state index contributed by atoms with van der Waals surface area (Å²) < 4.78 is 10.3. The largest absolute Gasteiger partial charge is 0.495 e. The van der Waals surface area contributed by atoms with Crippen molar-refractivity contribution in [1.29, 1.82) is 0 Å². The second kappa shape index (κ2) is 7.33. The molecule has 6 heteroatoms. The van der Waals surface area contributed by atoms with Crippen LogP contribution < -0.4 is 15.4 Å². The van der Waals surface area contributed by atoms with Crippen molar-refractivity contribution in [2.45, 2.75) is 19.8 Å². The Morgan fingerprint density at radius 3 is 2.90 bits per heavy atom. The Bertz CT molecular complexity index is 595. The van der Waals surface area contributed by atoms with Crippen molar-refractivity contribution >= 4 is 11.7 Å². The maximum absolute atomic E-state index is 11.8. The second-order valence-corrected chi connectivity index (χ2v) is 4.62. The van der Waals surface area contributed by atoms with E-state index in [4.69, 9.17) is 9.26 Å². The zero-order chi connectivity index (χ0) is 15.1. The highest BCUT2D eigenvalue weighted by Gasteiger charge is 2.06. The molecule has 2 aromatic rings. The van der Waals surface area contributed by atoms with E-state index in [9.17, 15) is 4.79 Å². The highest BCUT2D eigenvalue weighted by atomic mass is 16.5. The van der Waals surface area contributed by atoms with Crippen LogP contribution in [-0.4, -0.2) is 24.8 Å². The molecule has 0 radical (unpaired) electrons. The number of urea groups is 1. The highest BCUT2D eigenvalue weighted by molar-refractivity contribution is 5.90. The molecule has 0 saturated carbocycles. The van der Waals surface area contributed by atoms with Gasteiger partial charge in [-0.2, -0.15) is 0 Å². The summed E-state index contributed by atoms with van der Waals surface area (Å²) in [6, 6.07) is 8.91. The maximum Gasteiger partial charge on any atom is 0.319 e. The summed E-state index contributed by atoms with van der Waals surface area (Å²) in [7, 11) is 1.57. The fourth-order valence-electron chi connectivity index (χ4n) is 1.91. The number of methoxy groups -OCH3 is 1. The van der Waals surface area contributed by atoms with Crippen molar-refractivity contribution in [3.8, 4) is 5.75 Å². The minimum absolute atomic E-state index is 0.256. The van der Waals surface area contributed by atoms with E-state index >= 15 is 0 Å². The van der Waals surface area contributed by atoms with Crippen LogP contribution in [0.5, 0.6) is 5.75 Å². The normalized spacial score (nSPS) is 10.2. The molecule has 6 nitrogen and oxygen atoms in total. The quantitative estimate of drug-likeness (QED) is 0.802. The van der Waals surface area contributed by atoms with Crippen molar-refractivity contribution in [2.75, 3.05) is 19.0 Å². The topological polar surface area (TPSA) is 76.4 Å². The third-order valence-corrected chi connectivity index (χ3v) is 2.92. The molecule has 0 aliphatic heterocycles. The number of benzene rings is 1. The second-order valence-electron chi connectivity index (χ2n) is 4.62. The van der Waals surface area contributed by atoms with Gasteiger partial charge in [0.1, 0.15) is 11.5 Å². The Kier molecular flexibility index (Phi) is 5.20. The zero-order valence-electron chi connectivity index (χ0n) is 12.2. The monoisotopic (exact) mass is 289 g/mol. The number of aromatic nitrogens is 1. The van der Waals surface area contributed by atoms with Crippen LogP contribution in [-0.2, 0) is 6.42 Å². The first-order valence-electron chi connectivity index (χ1n) is 6.79. The number of nitrogens with zero attached hydrogens (tertiary/aromatic N) is 1. The summed E-state index contributed by atoms with van der Waals surface area (Å²) in [4.78, 5) is 11.8. The molecule has 0 unspecified atom stereocenters. The average molecular weight is 289 g/mol. The number of aryl methyl sites for hydroxylation is 2. The molecule has 0 aliphatic rings. The standard InChI is InChI=1S/C15H19N3O3/c1-11-10-12(21-18-11)6-5-9-16-15(19)17-13-7-3-4-8-14(13)20-2/h3-4,7-8,10H,5-6,9H2,1-2H3,(H2,16,17,19). The third kappa shape index (κ3) is 4.52. The fraction of sp³-hybridized carbons (Fsp3) is 0.333. The van der Waals surface area contributed by atoms with Gasteiger partial charge in [-0.15, -0.1) is 0 Å². The Morgan fingerprint density at radius 1 is 1.38 bits per heavy atom. The van der Waals surface area contributed by atoms with Crippen molar-refractivity contribution in [3.05, 3.63) is 41.8 Å². The van der Waals surface area contributed by atoms with Gasteiger partial charge >= 0.3 is 6.03 Å². The van der Waals surface area contributed by atoms with E-state index < -0.39 is 0 Å². The lowest BCUT2D eigenvalue weighted by atomic mass is 10.2. The summed E-state index contributed by atoms with van der Waals surface area (Å²) in [5.74, 6) is 1.46. The molecule has 0 atom stereocenters. The van der Waals surface area contributed by atoms with Crippen LogP contribution in [0.3, 0.4) is 0 Å². The van der Waals surface area contributed by atoms with Gasteiger partial charge in [-0.25, -0.2) is 4.79 Å². The molecule has 2 N–H and O–H groups in total. The molecular weight excluding hydrogens is 270 g/mol. The molecule has 21 heavy (non-hydrogen) atoms. The first-order chi connectivity index (χ1) is 10.2. The number of carbonyl (C=O) groups excluding carboxylic acids is 1. The van der Waals surface area contributed by atoms with Crippen molar-refractivity contribution < 1.29 is 14.1 Å². The number of carbonyl (C=O) groups is 1. The number of para-hydroxylation sites is 2. The van der Waals surface area contributed by atoms with E-state index in [-0.39, 0.29) is 6.03 Å². The molecule has 2 amide bonds. The summed E-state index contributed by atoms with van der Waals surface area (Å²) in [6.07, 6.45) is 1.53. The van der Waals surface area contributed by atoms with Gasteiger partial charge in [0.25, 0.3) is 0 Å². The van der Waals surface area contributed by atoms with Crippen LogP contribution in [0.25, 0.3) is 0 Å². The van der Waals surface area contributed by atoms with Gasteiger partial charge in [-0.3, -0.25) is 0 Å². The Labute approximate surface area is 123 Å². The van der Waals surface area contributed by atoms with Gasteiger partial charge in [0.15, 0.2) is 0 Å². The third-order valence-electron chi connectivity index (χ3n) is 2.92. The number of rotatable bonds is 6. The molecule has 0 saturated heterocycles. The highest BCUT2D eigenvalue weighted by Crippen LogP contribution is 2.22. The summed E-state index contributed by atoms with van der Waals surface area (Å²) in [6.45, 7) is 2.44.